The van der Waals surface area contributed by atoms with Crippen LogP contribution in [0.5, 0.6) is 0 Å². The highest BCUT2D eigenvalue weighted by molar-refractivity contribution is 5.77. The van der Waals surface area contributed by atoms with Crippen molar-refractivity contribution in [2.45, 2.75) is 18.9 Å². The lowest BCUT2D eigenvalue weighted by Crippen LogP contribution is -2.21. The highest BCUT2D eigenvalue weighted by Crippen LogP contribution is 2.35. The van der Waals surface area contributed by atoms with Crippen LogP contribution in [0.25, 0.3) is 0 Å². The van der Waals surface area contributed by atoms with Gasteiger partial charge in [0.1, 0.15) is 0 Å². The van der Waals surface area contributed by atoms with Gasteiger partial charge in [-0.25, -0.2) is 4.79 Å². The number of ether oxygens (including phenoxy) is 1. The Morgan fingerprint density at radius 3 is 3.00 bits per heavy atom. The molecule has 0 fully saturated rings. The number of carboxylic acid groups (broad SMARTS) is 1. The van der Waals surface area contributed by atoms with E-state index in [0.717, 1.165) is 17.6 Å². The first-order valence-electron chi connectivity index (χ1n) is 4.35. The van der Waals surface area contributed by atoms with Crippen molar-refractivity contribution in [3.05, 3.63) is 35.3 Å². The van der Waals surface area contributed by atoms with Crippen LogP contribution in [0.3, 0.4) is 0 Å². The van der Waals surface area contributed by atoms with Gasteiger partial charge in [-0.1, -0.05) is 0 Å². The number of carboxylic acids is 1. The number of aliphatic carboxylic acids is 1. The fraction of sp³-hybridized carbons (Fsp3) is 0.300. The van der Waals surface area contributed by atoms with Crippen molar-refractivity contribution in [2.24, 2.45) is 0 Å². The maximum atomic E-state index is 10.6. The molecule has 0 spiro atoms. The Kier molecular flexibility index (Phi) is 2.13. The smallest absolute Gasteiger partial charge is 0.336 e. The van der Waals surface area contributed by atoms with Crippen molar-refractivity contribution in [1.29, 1.82) is 0 Å². The summed E-state index contributed by atoms with van der Waals surface area (Å²) in [5, 5.41) is 18.1. The van der Waals surface area contributed by atoms with Crippen molar-refractivity contribution in [1.82, 2.24) is 0 Å². The molecular formula is C10H10O4. The Balaban J connectivity index is 2.35. The topological polar surface area (TPSA) is 66.8 Å². The minimum absolute atomic E-state index is 0.573. The molecule has 2 rings (SSSR count). The van der Waals surface area contributed by atoms with Gasteiger partial charge in [0.05, 0.1) is 12.5 Å². The predicted molar refractivity (Wildman–Crippen MR) is 48.2 cm³/mol. The molecule has 0 aromatic heterocycles. The maximum Gasteiger partial charge on any atom is 0.336 e. The number of rotatable bonds is 2. The summed E-state index contributed by atoms with van der Waals surface area (Å²) in [6.45, 7) is 0. The zero-order valence-corrected chi connectivity index (χ0v) is 7.43. The minimum atomic E-state index is -1.39. The fourth-order valence-electron chi connectivity index (χ4n) is 1.74. The molecule has 74 valence electrons. The van der Waals surface area contributed by atoms with Crippen molar-refractivity contribution in [3.8, 4) is 0 Å². The second kappa shape index (κ2) is 3.31. The van der Waals surface area contributed by atoms with E-state index in [2.05, 4.69) is 0 Å². The molecular weight excluding hydrogens is 184 g/mol. The zero-order valence-electron chi connectivity index (χ0n) is 7.43. The molecule has 4 heteroatoms. The Hall–Kier alpha value is -1.55. The maximum absolute atomic E-state index is 10.6. The van der Waals surface area contributed by atoms with Crippen LogP contribution >= 0.6 is 0 Å². The third-order valence-corrected chi connectivity index (χ3v) is 2.44. The Labute approximate surface area is 80.8 Å². The lowest BCUT2D eigenvalue weighted by atomic mass is 10.0. The number of hydrogen-bond donors (Lipinski definition) is 2. The van der Waals surface area contributed by atoms with E-state index < -0.39 is 12.1 Å². The Morgan fingerprint density at radius 2 is 2.29 bits per heavy atom. The highest BCUT2D eigenvalue weighted by atomic mass is 16.5. The molecule has 1 aliphatic heterocycles. The lowest BCUT2D eigenvalue weighted by Gasteiger charge is -2.10. The Bertz CT molecular complexity index is 362. The van der Waals surface area contributed by atoms with Crippen LogP contribution in [0.15, 0.2) is 35.3 Å². The SMILES string of the molecule is O=C(O)C(O)C1=C2C=COC=C2CC1. The summed E-state index contributed by atoms with van der Waals surface area (Å²) < 4.78 is 4.97. The lowest BCUT2D eigenvalue weighted by molar-refractivity contribution is -0.144. The van der Waals surface area contributed by atoms with E-state index in [9.17, 15) is 9.90 Å². The second-order valence-electron chi connectivity index (χ2n) is 3.26. The number of carbonyl (C=O) groups is 1. The summed E-state index contributed by atoms with van der Waals surface area (Å²) >= 11 is 0. The molecule has 0 radical (unpaired) electrons. The first-order chi connectivity index (χ1) is 6.70. The van der Waals surface area contributed by atoms with E-state index in [1.54, 1.807) is 12.3 Å². The summed E-state index contributed by atoms with van der Waals surface area (Å²) in [7, 11) is 0. The Morgan fingerprint density at radius 1 is 1.50 bits per heavy atom. The van der Waals surface area contributed by atoms with Gasteiger partial charge in [-0.05, 0) is 35.6 Å². The van der Waals surface area contributed by atoms with E-state index in [4.69, 9.17) is 9.84 Å². The molecule has 1 unspecified atom stereocenters. The third kappa shape index (κ3) is 1.33. The molecule has 14 heavy (non-hydrogen) atoms. The molecule has 0 aromatic carbocycles. The summed E-state index contributed by atoms with van der Waals surface area (Å²) in [6.07, 6.45) is 4.71. The van der Waals surface area contributed by atoms with Crippen LogP contribution < -0.4 is 0 Å². The number of allylic oxidation sites excluding steroid dienone is 3. The number of aliphatic hydroxyl groups excluding tert-OH is 1. The standard InChI is InChI=1S/C10H10O4/c11-9(10(12)13)8-2-1-6-5-14-4-3-7(6)8/h3-5,9,11H,1-2H2,(H,12,13). The second-order valence-corrected chi connectivity index (χ2v) is 3.26. The fourth-order valence-corrected chi connectivity index (χ4v) is 1.74. The van der Waals surface area contributed by atoms with E-state index >= 15 is 0 Å². The van der Waals surface area contributed by atoms with Gasteiger partial charge in [-0.2, -0.15) is 0 Å². The molecule has 4 nitrogen and oxygen atoms in total. The van der Waals surface area contributed by atoms with Crippen LogP contribution in [-0.4, -0.2) is 22.3 Å². The van der Waals surface area contributed by atoms with E-state index in [1.165, 1.54) is 6.26 Å². The van der Waals surface area contributed by atoms with Gasteiger partial charge >= 0.3 is 5.97 Å². The van der Waals surface area contributed by atoms with Gasteiger partial charge in [0, 0.05) is 0 Å². The van der Waals surface area contributed by atoms with E-state index in [-0.39, 0.29) is 0 Å². The number of aliphatic hydroxyl groups is 1. The van der Waals surface area contributed by atoms with Crippen molar-refractivity contribution in [2.75, 3.05) is 0 Å². The largest absolute Gasteiger partial charge is 0.479 e. The highest BCUT2D eigenvalue weighted by Gasteiger charge is 2.28. The van der Waals surface area contributed by atoms with Gasteiger partial charge in [0.15, 0.2) is 6.10 Å². The van der Waals surface area contributed by atoms with Crippen molar-refractivity contribution < 1.29 is 19.7 Å². The molecule has 1 atom stereocenters. The molecule has 1 aliphatic carbocycles. The first-order valence-corrected chi connectivity index (χ1v) is 4.35. The average Bonchev–Trinajstić information content (AvgIpc) is 2.60. The van der Waals surface area contributed by atoms with Crippen LogP contribution in [0.1, 0.15) is 12.8 Å². The summed E-state index contributed by atoms with van der Waals surface area (Å²) in [4.78, 5) is 10.6. The molecule has 1 heterocycles. The van der Waals surface area contributed by atoms with Gasteiger partial charge in [-0.3, -0.25) is 0 Å². The van der Waals surface area contributed by atoms with Crippen molar-refractivity contribution >= 4 is 5.97 Å². The zero-order chi connectivity index (χ0) is 10.1. The van der Waals surface area contributed by atoms with Crippen LogP contribution in [0.4, 0.5) is 0 Å². The molecule has 0 bridgehead atoms. The number of hydrogen-bond acceptors (Lipinski definition) is 3. The van der Waals surface area contributed by atoms with Crippen LogP contribution in [-0.2, 0) is 9.53 Å². The van der Waals surface area contributed by atoms with Crippen LogP contribution in [0, 0.1) is 0 Å². The third-order valence-electron chi connectivity index (χ3n) is 2.44. The summed E-state index contributed by atoms with van der Waals surface area (Å²) in [5.41, 5.74) is 2.34. The van der Waals surface area contributed by atoms with E-state index in [0.29, 0.717) is 12.0 Å². The monoisotopic (exact) mass is 194 g/mol. The van der Waals surface area contributed by atoms with Gasteiger partial charge in [0.25, 0.3) is 0 Å². The summed E-state index contributed by atoms with van der Waals surface area (Å²) in [5.74, 6) is -1.20. The van der Waals surface area contributed by atoms with Crippen molar-refractivity contribution in [3.63, 3.8) is 0 Å². The normalized spacial score (nSPS) is 21.4. The van der Waals surface area contributed by atoms with Gasteiger partial charge in [-0.15, -0.1) is 0 Å². The minimum Gasteiger partial charge on any atom is -0.479 e. The number of fused-ring (bicyclic) bond motifs is 1. The van der Waals surface area contributed by atoms with E-state index in [1.807, 2.05) is 0 Å². The molecule has 0 saturated heterocycles. The molecule has 0 saturated carbocycles. The average molecular weight is 194 g/mol. The quantitative estimate of drug-likeness (QED) is 0.686. The first kappa shape index (κ1) is 9.02. The molecule has 2 aliphatic rings. The van der Waals surface area contributed by atoms with Gasteiger partial charge < -0.3 is 14.9 Å². The summed E-state index contributed by atoms with van der Waals surface area (Å²) in [6, 6.07) is 0. The molecule has 0 aromatic rings. The molecule has 2 N–H and O–H groups in total. The predicted octanol–water partition coefficient (Wildman–Crippen LogP) is 0.950. The van der Waals surface area contributed by atoms with Crippen LogP contribution in [0.2, 0.25) is 0 Å². The van der Waals surface area contributed by atoms with Gasteiger partial charge in [0.2, 0.25) is 0 Å². The molecule has 0 amide bonds.